The number of fused-ring (bicyclic) bond motifs is 2. The average molecular weight is 422 g/mol. The van der Waals surface area contributed by atoms with Crippen molar-refractivity contribution in [2.45, 2.75) is 106 Å². The van der Waals surface area contributed by atoms with E-state index >= 15 is 4.39 Å². The highest BCUT2D eigenvalue weighted by Crippen LogP contribution is 2.45. The van der Waals surface area contributed by atoms with Gasteiger partial charge in [0, 0.05) is 24.2 Å². The van der Waals surface area contributed by atoms with Crippen LogP contribution in [0.25, 0.3) is 0 Å². The molecule has 7 nitrogen and oxygen atoms in total. The summed E-state index contributed by atoms with van der Waals surface area (Å²) in [5, 5.41) is 13.1. The zero-order valence-corrected chi connectivity index (χ0v) is 17.2. The largest absolute Gasteiger partial charge is 0.478 e. The Morgan fingerprint density at radius 1 is 1.20 bits per heavy atom. The van der Waals surface area contributed by atoms with Crippen LogP contribution in [0.3, 0.4) is 0 Å². The third-order valence-corrected chi connectivity index (χ3v) is 7.97. The number of ether oxygens (including phenoxy) is 1. The van der Waals surface area contributed by atoms with Crippen LogP contribution in [0.5, 0.6) is 0 Å². The molecule has 3 aliphatic carbocycles. The van der Waals surface area contributed by atoms with Crippen LogP contribution in [0.2, 0.25) is 0 Å². The number of rotatable bonds is 3. The molecular formula is C22H32FN3O4. The van der Waals surface area contributed by atoms with Gasteiger partial charge in [0.25, 0.3) is 0 Å². The minimum atomic E-state index is -1.24. The van der Waals surface area contributed by atoms with Crippen LogP contribution in [0.4, 0.5) is 4.39 Å². The van der Waals surface area contributed by atoms with Crippen LogP contribution < -0.4 is 11.1 Å². The molecule has 0 aromatic heterocycles. The number of carboxylic acids is 1. The van der Waals surface area contributed by atoms with Gasteiger partial charge in [0.1, 0.15) is 11.7 Å². The number of nitrogens with two attached hydrogens (primary N) is 1. The molecular weight excluding hydrogens is 389 g/mol. The first kappa shape index (κ1) is 20.4. The molecule has 5 aliphatic rings. The summed E-state index contributed by atoms with van der Waals surface area (Å²) in [4.78, 5) is 26.7. The van der Waals surface area contributed by atoms with Gasteiger partial charge in [-0.3, -0.25) is 4.79 Å². The lowest BCUT2D eigenvalue weighted by molar-refractivity contribution is -0.200. The number of ketones is 1. The second-order valence-electron chi connectivity index (χ2n) is 9.82. The minimum absolute atomic E-state index is 0.0116. The van der Waals surface area contributed by atoms with E-state index in [-0.39, 0.29) is 42.3 Å². The van der Waals surface area contributed by atoms with Crippen molar-refractivity contribution in [1.29, 1.82) is 0 Å². The molecule has 0 radical (unpaired) electrons. The van der Waals surface area contributed by atoms with Crippen molar-refractivity contribution in [1.82, 2.24) is 10.2 Å². The molecule has 0 bridgehead atoms. The van der Waals surface area contributed by atoms with Gasteiger partial charge in [0.2, 0.25) is 0 Å². The van der Waals surface area contributed by atoms with E-state index in [2.05, 4.69) is 5.32 Å². The van der Waals surface area contributed by atoms with Gasteiger partial charge >= 0.3 is 5.97 Å². The summed E-state index contributed by atoms with van der Waals surface area (Å²) in [6, 6.07) is -0.510. The van der Waals surface area contributed by atoms with Crippen molar-refractivity contribution >= 4 is 11.8 Å². The van der Waals surface area contributed by atoms with Gasteiger partial charge in [-0.25, -0.2) is 9.18 Å². The van der Waals surface area contributed by atoms with Crippen molar-refractivity contribution in [3.63, 3.8) is 0 Å². The highest BCUT2D eigenvalue weighted by molar-refractivity contribution is 6.18. The standard InChI is InChI=1S/C22H32FN3O4/c23-15-9-13-19-21(18(15)25-12-4-2-1-3-5-12)30-17-8-11(24)6-7-16(17)26(19)10-14(20(13)27)22(28)29/h10-13,15-19,21,25H,1-9,24H2,(H,28,29). The lowest BCUT2D eigenvalue weighted by Crippen LogP contribution is -2.73. The molecule has 4 N–H and O–H groups in total. The van der Waals surface area contributed by atoms with E-state index in [9.17, 15) is 14.7 Å². The number of hydrogen-bond acceptors (Lipinski definition) is 6. The minimum Gasteiger partial charge on any atom is -0.478 e. The van der Waals surface area contributed by atoms with Crippen LogP contribution in [-0.4, -0.2) is 70.3 Å². The number of nitrogens with zero attached hydrogens (tertiary/aromatic N) is 1. The smallest absolute Gasteiger partial charge is 0.340 e. The SMILES string of the molecule is NC1CCC2C(C1)OC1C(NC3CCCCC3)C(F)CC3C(=O)C(C(=O)O)=CN2C31. The summed E-state index contributed by atoms with van der Waals surface area (Å²) in [7, 11) is 0. The molecule has 8 unspecified atom stereocenters. The van der Waals surface area contributed by atoms with E-state index in [4.69, 9.17) is 10.5 Å². The number of alkyl halides is 1. The van der Waals surface area contributed by atoms with Crippen molar-refractivity contribution in [3.05, 3.63) is 11.8 Å². The number of carbonyl (C=O) groups excluding carboxylic acids is 1. The average Bonchev–Trinajstić information content (AvgIpc) is 2.72. The molecule has 5 rings (SSSR count). The first-order valence-electron chi connectivity index (χ1n) is 11.5. The summed E-state index contributed by atoms with van der Waals surface area (Å²) in [6.07, 6.45) is 7.55. The second kappa shape index (κ2) is 7.88. The monoisotopic (exact) mass is 421 g/mol. The number of hydrogen-bond donors (Lipinski definition) is 3. The predicted molar refractivity (Wildman–Crippen MR) is 107 cm³/mol. The molecule has 2 aliphatic heterocycles. The third-order valence-electron chi connectivity index (χ3n) is 7.97. The van der Waals surface area contributed by atoms with Crippen LogP contribution in [0.15, 0.2) is 11.8 Å². The summed E-state index contributed by atoms with van der Waals surface area (Å²) in [5.41, 5.74) is 5.97. The van der Waals surface area contributed by atoms with Crippen LogP contribution in [0.1, 0.15) is 57.8 Å². The molecule has 0 spiro atoms. The molecule has 166 valence electrons. The fourth-order valence-corrected chi connectivity index (χ4v) is 6.53. The molecule has 0 aromatic carbocycles. The molecule has 30 heavy (non-hydrogen) atoms. The van der Waals surface area contributed by atoms with Gasteiger partial charge in [0.05, 0.1) is 30.3 Å². The molecule has 4 fully saturated rings. The number of morpholine rings is 1. The van der Waals surface area contributed by atoms with Gasteiger partial charge in [-0.2, -0.15) is 0 Å². The van der Waals surface area contributed by atoms with Crippen LogP contribution in [0, 0.1) is 5.92 Å². The number of halogens is 1. The van der Waals surface area contributed by atoms with E-state index < -0.39 is 36.0 Å². The van der Waals surface area contributed by atoms with Crippen molar-refractivity contribution in [3.8, 4) is 0 Å². The van der Waals surface area contributed by atoms with Gasteiger partial charge in [0.15, 0.2) is 5.78 Å². The molecule has 8 heteroatoms. The normalized spacial score (nSPS) is 44.1. The van der Waals surface area contributed by atoms with Gasteiger partial charge < -0.3 is 25.8 Å². The Labute approximate surface area is 176 Å². The highest BCUT2D eigenvalue weighted by atomic mass is 19.1. The topological polar surface area (TPSA) is 105 Å². The zero-order valence-electron chi connectivity index (χ0n) is 17.2. The molecule has 3 saturated carbocycles. The van der Waals surface area contributed by atoms with E-state index in [1.807, 2.05) is 4.90 Å². The number of Topliss-reactive ketones (excluding diaryl/α,β-unsaturated/α-hetero) is 1. The maximum absolute atomic E-state index is 15.5. The van der Waals surface area contributed by atoms with Gasteiger partial charge in [-0.05, 0) is 38.5 Å². The van der Waals surface area contributed by atoms with E-state index in [1.165, 1.54) is 12.6 Å². The number of aliphatic carboxylic acids is 1. The third kappa shape index (κ3) is 3.37. The van der Waals surface area contributed by atoms with Crippen LogP contribution >= 0.6 is 0 Å². The molecule has 8 atom stereocenters. The Balaban J connectivity index is 1.49. The number of nitrogens with one attached hydrogen (secondary N) is 1. The Hall–Kier alpha value is -1.51. The predicted octanol–water partition coefficient (Wildman–Crippen LogP) is 1.50. The molecule has 1 saturated heterocycles. The van der Waals surface area contributed by atoms with E-state index in [1.54, 1.807) is 0 Å². The fraction of sp³-hybridized carbons (Fsp3) is 0.818. The van der Waals surface area contributed by atoms with Crippen molar-refractivity contribution in [2.24, 2.45) is 11.7 Å². The maximum atomic E-state index is 15.5. The second-order valence-corrected chi connectivity index (χ2v) is 9.82. The van der Waals surface area contributed by atoms with Crippen LogP contribution in [-0.2, 0) is 14.3 Å². The number of carboxylic acid groups (broad SMARTS) is 1. The van der Waals surface area contributed by atoms with E-state index in [0.29, 0.717) is 6.42 Å². The summed E-state index contributed by atoms with van der Waals surface area (Å²) >= 11 is 0. The first-order chi connectivity index (χ1) is 14.4. The first-order valence-corrected chi connectivity index (χ1v) is 11.5. The van der Waals surface area contributed by atoms with Gasteiger partial charge in [-0.1, -0.05) is 19.3 Å². The Kier molecular flexibility index (Phi) is 5.35. The number of carbonyl (C=O) groups is 2. The van der Waals surface area contributed by atoms with Crippen molar-refractivity contribution in [2.75, 3.05) is 0 Å². The highest BCUT2D eigenvalue weighted by Gasteiger charge is 2.59. The lowest BCUT2D eigenvalue weighted by atomic mass is 9.69. The maximum Gasteiger partial charge on any atom is 0.340 e. The summed E-state index contributed by atoms with van der Waals surface area (Å²) in [6.45, 7) is 0. The summed E-state index contributed by atoms with van der Waals surface area (Å²) in [5.74, 6) is -2.37. The Morgan fingerprint density at radius 3 is 2.70 bits per heavy atom. The molecule has 0 amide bonds. The quantitative estimate of drug-likeness (QED) is 0.593. The summed E-state index contributed by atoms with van der Waals surface area (Å²) < 4.78 is 22.0. The fourth-order valence-electron chi connectivity index (χ4n) is 6.53. The lowest BCUT2D eigenvalue weighted by Gasteiger charge is -2.59. The Bertz CT molecular complexity index is 740. The van der Waals surface area contributed by atoms with Gasteiger partial charge in [-0.15, -0.1) is 0 Å². The van der Waals surface area contributed by atoms with Crippen molar-refractivity contribution < 1.29 is 23.8 Å². The Morgan fingerprint density at radius 2 is 1.97 bits per heavy atom. The zero-order chi connectivity index (χ0) is 21.0. The van der Waals surface area contributed by atoms with E-state index in [0.717, 1.165) is 38.5 Å². The molecule has 2 heterocycles. The molecule has 0 aromatic rings.